The number of hydrogen-bond acceptors (Lipinski definition) is 11. The molecule has 0 spiro atoms. The molecule has 1 aromatic rings. The molecule has 1 aliphatic carbocycles. The van der Waals surface area contributed by atoms with E-state index in [1.54, 1.807) is 27.7 Å². The zero-order valence-electron chi connectivity index (χ0n) is 22.6. The number of rotatable bonds is 15. The van der Waals surface area contributed by atoms with Crippen LogP contribution in [0.4, 0.5) is 9.59 Å². The van der Waals surface area contributed by atoms with Crippen LogP contribution < -0.4 is 4.74 Å². The van der Waals surface area contributed by atoms with Crippen molar-refractivity contribution in [2.45, 2.75) is 85.4 Å². The molecule has 1 saturated carbocycles. The standard InChI is InChI=1S/C25H39O11P/c1-16(2)21-9-8-10-22(19(7)20-11-12-20)23(21)29-13-32-37(28,33-14-30-24(26)35-17(3)4)34-15-31-25(27)36-18(5)6/h8-10,16-20H,11-15H2,1-7H3. The quantitative estimate of drug-likeness (QED) is 0.130. The first-order valence-corrected chi connectivity index (χ1v) is 13.8. The van der Waals surface area contributed by atoms with Crippen LogP contribution in [-0.4, -0.2) is 44.9 Å². The van der Waals surface area contributed by atoms with E-state index in [2.05, 4.69) is 6.92 Å². The van der Waals surface area contributed by atoms with E-state index >= 15 is 0 Å². The summed E-state index contributed by atoms with van der Waals surface area (Å²) in [6.07, 6.45) is -0.572. The highest BCUT2D eigenvalue weighted by atomic mass is 31.2. The lowest BCUT2D eigenvalue weighted by Crippen LogP contribution is -2.17. The van der Waals surface area contributed by atoms with Crippen molar-refractivity contribution < 1.29 is 51.4 Å². The molecule has 1 fully saturated rings. The third kappa shape index (κ3) is 10.9. The van der Waals surface area contributed by atoms with Gasteiger partial charge in [-0.2, -0.15) is 0 Å². The van der Waals surface area contributed by atoms with Crippen molar-refractivity contribution in [2.75, 3.05) is 20.4 Å². The molecule has 0 saturated heterocycles. The van der Waals surface area contributed by atoms with Crippen LogP contribution in [0, 0.1) is 5.92 Å². The summed E-state index contributed by atoms with van der Waals surface area (Å²) in [7, 11) is -4.41. The summed E-state index contributed by atoms with van der Waals surface area (Å²) in [5, 5.41) is 0. The molecule has 0 N–H and O–H groups in total. The van der Waals surface area contributed by atoms with E-state index in [1.807, 2.05) is 32.0 Å². The topological polar surface area (TPSA) is 125 Å². The van der Waals surface area contributed by atoms with Gasteiger partial charge in [-0.3, -0.25) is 0 Å². The van der Waals surface area contributed by atoms with Crippen LogP contribution in [0.25, 0.3) is 0 Å². The van der Waals surface area contributed by atoms with E-state index in [4.69, 9.17) is 37.3 Å². The van der Waals surface area contributed by atoms with Crippen LogP contribution >= 0.6 is 7.82 Å². The summed E-state index contributed by atoms with van der Waals surface area (Å²) in [5.41, 5.74) is 2.01. The van der Waals surface area contributed by atoms with Gasteiger partial charge in [0.25, 0.3) is 0 Å². The lowest BCUT2D eigenvalue weighted by Gasteiger charge is -2.23. The second-order valence-electron chi connectivity index (χ2n) is 9.50. The Morgan fingerprint density at radius 1 is 0.811 bits per heavy atom. The zero-order valence-corrected chi connectivity index (χ0v) is 23.5. The number of carbonyl (C=O) groups is 2. The number of phosphoric ester groups is 1. The number of phosphoric acid groups is 1. The molecule has 37 heavy (non-hydrogen) atoms. The molecule has 0 aliphatic heterocycles. The van der Waals surface area contributed by atoms with Gasteiger partial charge in [0.1, 0.15) is 5.75 Å². The molecule has 0 bridgehead atoms. The van der Waals surface area contributed by atoms with Crippen LogP contribution in [0.15, 0.2) is 18.2 Å². The first-order valence-electron chi connectivity index (χ1n) is 12.4. The second-order valence-corrected chi connectivity index (χ2v) is 11.2. The van der Waals surface area contributed by atoms with Crippen molar-refractivity contribution in [1.82, 2.24) is 0 Å². The molecule has 12 heteroatoms. The SMILES string of the molecule is CC(C)OC(=O)OCOP(=O)(OCOC(=O)OC(C)C)OCOc1c(C(C)C)cccc1C(C)C1CC1. The highest BCUT2D eigenvalue weighted by Crippen LogP contribution is 2.50. The van der Waals surface area contributed by atoms with Crippen LogP contribution in [0.1, 0.15) is 84.3 Å². The van der Waals surface area contributed by atoms with Crippen LogP contribution in [0.5, 0.6) is 5.75 Å². The minimum absolute atomic E-state index is 0.168. The Labute approximate surface area is 218 Å². The van der Waals surface area contributed by atoms with Crippen molar-refractivity contribution in [2.24, 2.45) is 5.92 Å². The largest absolute Gasteiger partial charge is 0.510 e. The fraction of sp³-hybridized carbons (Fsp3) is 0.680. The van der Waals surface area contributed by atoms with Crippen LogP contribution in [0.3, 0.4) is 0 Å². The molecule has 210 valence electrons. The lowest BCUT2D eigenvalue weighted by molar-refractivity contribution is -0.0529. The fourth-order valence-corrected chi connectivity index (χ4v) is 4.17. The van der Waals surface area contributed by atoms with Crippen LogP contribution in [-0.2, 0) is 37.1 Å². The minimum Gasteiger partial charge on any atom is -0.466 e. The van der Waals surface area contributed by atoms with E-state index in [1.165, 1.54) is 12.8 Å². The summed E-state index contributed by atoms with van der Waals surface area (Å²) in [4.78, 5) is 23.2. The van der Waals surface area contributed by atoms with E-state index < -0.39 is 52.7 Å². The number of para-hydroxylation sites is 1. The Morgan fingerprint density at radius 2 is 1.30 bits per heavy atom. The smallest absolute Gasteiger partial charge is 0.466 e. The third-order valence-corrected chi connectivity index (χ3v) is 6.64. The first kappa shape index (κ1) is 30.9. The predicted molar refractivity (Wildman–Crippen MR) is 133 cm³/mol. The molecule has 11 nitrogen and oxygen atoms in total. The zero-order chi connectivity index (χ0) is 27.6. The van der Waals surface area contributed by atoms with Gasteiger partial charge in [0.05, 0.1) is 12.2 Å². The van der Waals surface area contributed by atoms with Crippen molar-refractivity contribution in [3.8, 4) is 5.75 Å². The predicted octanol–water partition coefficient (Wildman–Crippen LogP) is 6.86. The molecular formula is C25H39O11P. The normalized spacial score (nSPS) is 14.5. The summed E-state index contributed by atoms with van der Waals surface area (Å²) >= 11 is 0. The Hall–Kier alpha value is -2.33. The fourth-order valence-electron chi connectivity index (χ4n) is 3.40. The van der Waals surface area contributed by atoms with Gasteiger partial charge in [0.2, 0.25) is 13.6 Å². The van der Waals surface area contributed by atoms with Gasteiger partial charge in [0.15, 0.2) is 6.79 Å². The minimum atomic E-state index is -4.41. The molecular weight excluding hydrogens is 507 g/mol. The maximum atomic E-state index is 13.2. The number of carbonyl (C=O) groups excluding carboxylic acids is 2. The van der Waals surface area contributed by atoms with E-state index in [-0.39, 0.29) is 11.8 Å². The van der Waals surface area contributed by atoms with E-state index in [9.17, 15) is 14.2 Å². The Bertz CT molecular complexity index is 895. The summed E-state index contributed by atoms with van der Waals surface area (Å²) in [5.74, 6) is 1.70. The second kappa shape index (κ2) is 14.6. The average Bonchev–Trinajstić information content (AvgIpc) is 3.63. The summed E-state index contributed by atoms with van der Waals surface area (Å²) in [6.45, 7) is 10.7. The number of ether oxygens (including phenoxy) is 5. The van der Waals surface area contributed by atoms with Gasteiger partial charge in [-0.15, -0.1) is 0 Å². The van der Waals surface area contributed by atoms with Crippen molar-refractivity contribution in [3.05, 3.63) is 29.3 Å². The Kier molecular flexibility index (Phi) is 12.2. The monoisotopic (exact) mass is 546 g/mol. The number of benzene rings is 1. The molecule has 1 aliphatic rings. The highest BCUT2D eigenvalue weighted by Gasteiger charge is 2.33. The van der Waals surface area contributed by atoms with Crippen molar-refractivity contribution in [3.63, 3.8) is 0 Å². The lowest BCUT2D eigenvalue weighted by atomic mass is 9.90. The average molecular weight is 547 g/mol. The van der Waals surface area contributed by atoms with Gasteiger partial charge in [-0.05, 0) is 69.4 Å². The van der Waals surface area contributed by atoms with Gasteiger partial charge in [0, 0.05) is 0 Å². The third-order valence-electron chi connectivity index (χ3n) is 5.37. The maximum Gasteiger partial charge on any atom is 0.510 e. The molecule has 0 amide bonds. The van der Waals surface area contributed by atoms with Crippen LogP contribution in [0.2, 0.25) is 0 Å². The highest BCUT2D eigenvalue weighted by molar-refractivity contribution is 7.48. The van der Waals surface area contributed by atoms with Gasteiger partial charge in [-0.25, -0.2) is 27.7 Å². The molecule has 1 aromatic carbocycles. The van der Waals surface area contributed by atoms with E-state index in [0.29, 0.717) is 11.7 Å². The molecule has 1 unspecified atom stereocenters. The summed E-state index contributed by atoms with van der Waals surface area (Å²) in [6, 6.07) is 5.98. The Balaban J connectivity index is 2.07. The number of hydrogen-bond donors (Lipinski definition) is 0. The van der Waals surface area contributed by atoms with Gasteiger partial charge >= 0.3 is 20.1 Å². The van der Waals surface area contributed by atoms with Gasteiger partial charge in [-0.1, -0.05) is 39.0 Å². The van der Waals surface area contributed by atoms with Gasteiger partial charge < -0.3 is 23.7 Å². The molecule has 0 heterocycles. The first-order chi connectivity index (χ1) is 17.4. The molecule has 1 atom stereocenters. The van der Waals surface area contributed by atoms with Crippen molar-refractivity contribution >= 4 is 20.1 Å². The van der Waals surface area contributed by atoms with E-state index in [0.717, 1.165) is 11.1 Å². The Morgan fingerprint density at radius 3 is 1.76 bits per heavy atom. The maximum absolute atomic E-state index is 13.2. The molecule has 0 aromatic heterocycles. The molecule has 2 rings (SSSR count). The molecule has 0 radical (unpaired) electrons. The van der Waals surface area contributed by atoms with Crippen molar-refractivity contribution in [1.29, 1.82) is 0 Å². The summed E-state index contributed by atoms with van der Waals surface area (Å²) < 4.78 is 53.7.